The number of carbonyl (C=O) groups excluding carboxylic acids is 4. The van der Waals surface area contributed by atoms with E-state index in [0.717, 1.165) is 22.3 Å². The van der Waals surface area contributed by atoms with Gasteiger partial charge in [0.1, 0.15) is 12.1 Å². The van der Waals surface area contributed by atoms with Gasteiger partial charge in [-0.05, 0) is 48.1 Å². The van der Waals surface area contributed by atoms with E-state index in [4.69, 9.17) is 15.6 Å². The fraction of sp³-hybridized carbons (Fsp3) is 0.310. The second kappa shape index (κ2) is 20.6. The zero-order valence-corrected chi connectivity index (χ0v) is 30.2. The number of nitrogens with zero attached hydrogens (tertiary/aromatic N) is 1. The maximum atomic E-state index is 14.0. The lowest BCUT2D eigenvalue weighted by Crippen LogP contribution is -2.57. The van der Waals surface area contributed by atoms with Crippen LogP contribution in [0.25, 0.3) is 0 Å². The molecule has 5 N–H and O–H groups in total. The van der Waals surface area contributed by atoms with Crippen LogP contribution in [-0.4, -0.2) is 70.8 Å². The number of carboxylic acids is 1. The first-order valence-electron chi connectivity index (χ1n) is 18.0. The highest BCUT2D eigenvalue weighted by Crippen LogP contribution is 2.26. The number of benzene rings is 4. The van der Waals surface area contributed by atoms with Crippen LogP contribution in [0.15, 0.2) is 115 Å². The molecule has 55 heavy (non-hydrogen) atoms. The number of alkyl halides is 3. The summed E-state index contributed by atoms with van der Waals surface area (Å²) in [5.74, 6) is -3.89. The van der Waals surface area contributed by atoms with Gasteiger partial charge in [-0.2, -0.15) is 13.2 Å². The Kier molecular flexibility index (Phi) is 15.7. The van der Waals surface area contributed by atoms with Crippen molar-refractivity contribution in [2.75, 3.05) is 13.1 Å². The SMILES string of the molecule is NCCCC[C@H](NC(=O)[C@@H]1Cc2ccccc2CN1C(=O)CCC(=O)c1ccccc1)C(=O)NCC(c1ccccc1)c1ccccc1.O=C(O)C(F)(F)F. The Morgan fingerprint density at radius 2 is 1.29 bits per heavy atom. The molecule has 0 saturated carbocycles. The first-order valence-corrected chi connectivity index (χ1v) is 18.0. The standard InChI is InChI=1S/C40H44N4O4.C2HF3O2/c41-25-13-12-22-35(39(47)42-27-34(29-14-4-1-5-15-29)30-16-6-2-7-17-30)43-40(48)36-26-32-20-10-11-21-33(32)28-44(36)38(46)24-23-37(45)31-18-8-3-9-19-31;3-2(4,5)1(6)7/h1-11,14-21,34-36H,12-13,22-28,41H2,(H,42,47)(H,43,48);(H,6,7)/t35-,36-;/m0./s1. The summed E-state index contributed by atoms with van der Waals surface area (Å²) in [4.78, 5) is 64.7. The maximum absolute atomic E-state index is 14.0. The minimum absolute atomic E-state index is 0.0134. The summed E-state index contributed by atoms with van der Waals surface area (Å²) in [7, 11) is 0. The Bertz CT molecular complexity index is 1840. The predicted molar refractivity (Wildman–Crippen MR) is 201 cm³/mol. The predicted octanol–water partition coefficient (Wildman–Crippen LogP) is 5.80. The number of fused-ring (bicyclic) bond motifs is 1. The van der Waals surface area contributed by atoms with Gasteiger partial charge in [-0.15, -0.1) is 0 Å². The molecule has 0 radical (unpaired) electrons. The van der Waals surface area contributed by atoms with Crippen molar-refractivity contribution < 1.29 is 42.3 Å². The molecule has 1 aliphatic heterocycles. The topological polar surface area (TPSA) is 159 Å². The molecule has 1 aliphatic rings. The molecule has 4 aromatic rings. The van der Waals surface area contributed by atoms with Gasteiger partial charge in [0.05, 0.1) is 0 Å². The van der Waals surface area contributed by atoms with Crippen LogP contribution >= 0.6 is 0 Å². The summed E-state index contributed by atoms with van der Waals surface area (Å²) in [5, 5.41) is 13.2. The number of ketones is 1. The summed E-state index contributed by atoms with van der Waals surface area (Å²) < 4.78 is 31.7. The van der Waals surface area contributed by atoms with Crippen LogP contribution in [0.2, 0.25) is 0 Å². The van der Waals surface area contributed by atoms with Crippen molar-refractivity contribution in [1.82, 2.24) is 15.5 Å². The molecule has 2 atom stereocenters. The third-order valence-electron chi connectivity index (χ3n) is 9.24. The molecule has 4 aromatic carbocycles. The van der Waals surface area contributed by atoms with Crippen molar-refractivity contribution in [3.8, 4) is 0 Å². The van der Waals surface area contributed by atoms with Crippen LogP contribution in [0.5, 0.6) is 0 Å². The average Bonchev–Trinajstić information content (AvgIpc) is 3.20. The number of amides is 3. The van der Waals surface area contributed by atoms with Gasteiger partial charge >= 0.3 is 12.1 Å². The summed E-state index contributed by atoms with van der Waals surface area (Å²) in [6, 6.07) is 35.1. The van der Waals surface area contributed by atoms with E-state index in [-0.39, 0.29) is 48.8 Å². The van der Waals surface area contributed by atoms with Gasteiger partial charge < -0.3 is 26.4 Å². The minimum atomic E-state index is -5.08. The van der Waals surface area contributed by atoms with Crippen LogP contribution in [0, 0.1) is 0 Å². The van der Waals surface area contributed by atoms with Gasteiger partial charge in [-0.25, -0.2) is 4.79 Å². The molecule has 0 fully saturated rings. The Labute approximate surface area is 317 Å². The first-order chi connectivity index (χ1) is 26.4. The van der Waals surface area contributed by atoms with Crippen molar-refractivity contribution in [3.63, 3.8) is 0 Å². The van der Waals surface area contributed by atoms with Crippen molar-refractivity contribution in [2.45, 2.75) is 69.2 Å². The monoisotopic (exact) mass is 758 g/mol. The lowest BCUT2D eigenvalue weighted by molar-refractivity contribution is -0.192. The largest absolute Gasteiger partial charge is 0.490 e. The van der Waals surface area contributed by atoms with Crippen LogP contribution < -0.4 is 16.4 Å². The van der Waals surface area contributed by atoms with Crippen molar-refractivity contribution >= 4 is 29.5 Å². The molecule has 1 heterocycles. The van der Waals surface area contributed by atoms with Gasteiger partial charge in [-0.3, -0.25) is 19.2 Å². The van der Waals surface area contributed by atoms with Crippen LogP contribution in [0.1, 0.15) is 70.6 Å². The number of Topliss-reactive ketones (excluding diaryl/α,β-unsaturated/α-hetero) is 1. The number of hydrogen-bond acceptors (Lipinski definition) is 6. The van der Waals surface area contributed by atoms with E-state index in [9.17, 15) is 32.3 Å². The summed E-state index contributed by atoms with van der Waals surface area (Å²) in [6.07, 6.45) is -2.94. The fourth-order valence-corrected chi connectivity index (χ4v) is 6.31. The zero-order chi connectivity index (χ0) is 39.8. The van der Waals surface area contributed by atoms with Crippen LogP contribution in [-0.2, 0) is 32.1 Å². The molecule has 0 spiro atoms. The van der Waals surface area contributed by atoms with Crippen molar-refractivity contribution in [3.05, 3.63) is 143 Å². The number of halogens is 3. The van der Waals surface area contributed by atoms with Gasteiger partial charge in [0.25, 0.3) is 0 Å². The molecular weight excluding hydrogens is 713 g/mol. The molecule has 10 nitrogen and oxygen atoms in total. The van der Waals surface area contributed by atoms with E-state index in [1.807, 2.05) is 91.0 Å². The second-order valence-corrected chi connectivity index (χ2v) is 13.1. The zero-order valence-electron chi connectivity index (χ0n) is 30.2. The van der Waals surface area contributed by atoms with E-state index in [2.05, 4.69) is 10.6 Å². The summed E-state index contributed by atoms with van der Waals surface area (Å²) >= 11 is 0. The Morgan fingerprint density at radius 3 is 1.84 bits per heavy atom. The number of nitrogens with two attached hydrogens (primary N) is 1. The summed E-state index contributed by atoms with van der Waals surface area (Å²) in [6.45, 7) is 1.09. The summed E-state index contributed by atoms with van der Waals surface area (Å²) in [5.41, 5.74) is 10.4. The van der Waals surface area contributed by atoms with E-state index in [1.165, 1.54) is 0 Å². The van der Waals surface area contributed by atoms with Gasteiger partial charge in [0.15, 0.2) is 5.78 Å². The highest BCUT2D eigenvalue weighted by atomic mass is 19.4. The van der Waals surface area contributed by atoms with Gasteiger partial charge in [-0.1, -0.05) is 115 Å². The van der Waals surface area contributed by atoms with E-state index >= 15 is 0 Å². The van der Waals surface area contributed by atoms with Crippen LogP contribution in [0.4, 0.5) is 13.2 Å². The molecule has 3 amide bonds. The quantitative estimate of drug-likeness (QED) is 0.0882. The number of carboxylic acid groups (broad SMARTS) is 1. The normalized spacial score (nSPS) is 14.1. The fourth-order valence-electron chi connectivity index (χ4n) is 6.31. The third kappa shape index (κ3) is 12.6. The van der Waals surface area contributed by atoms with Crippen LogP contribution in [0.3, 0.4) is 0 Å². The molecule has 0 bridgehead atoms. The number of nitrogens with one attached hydrogen (secondary N) is 2. The molecule has 5 rings (SSSR count). The third-order valence-corrected chi connectivity index (χ3v) is 9.24. The molecule has 0 aromatic heterocycles. The lowest BCUT2D eigenvalue weighted by Gasteiger charge is -2.37. The Hall–Kier alpha value is -5.82. The Morgan fingerprint density at radius 1 is 0.764 bits per heavy atom. The van der Waals surface area contributed by atoms with Gasteiger partial charge in [0.2, 0.25) is 17.7 Å². The minimum Gasteiger partial charge on any atom is -0.475 e. The molecule has 0 unspecified atom stereocenters. The smallest absolute Gasteiger partial charge is 0.475 e. The first kappa shape index (κ1) is 41.9. The number of rotatable bonds is 15. The molecule has 0 aliphatic carbocycles. The highest BCUT2D eigenvalue weighted by Gasteiger charge is 2.38. The maximum Gasteiger partial charge on any atom is 0.490 e. The average molecular weight is 759 g/mol. The lowest BCUT2D eigenvalue weighted by atomic mass is 9.91. The van der Waals surface area contributed by atoms with Crippen molar-refractivity contribution in [1.29, 1.82) is 0 Å². The number of unbranched alkanes of at least 4 members (excludes halogenated alkanes) is 1. The van der Waals surface area contributed by atoms with Crippen molar-refractivity contribution in [2.24, 2.45) is 5.73 Å². The van der Waals surface area contributed by atoms with E-state index in [1.54, 1.807) is 29.2 Å². The molecule has 13 heteroatoms. The van der Waals surface area contributed by atoms with E-state index in [0.29, 0.717) is 44.3 Å². The highest BCUT2D eigenvalue weighted by molar-refractivity contribution is 5.98. The van der Waals surface area contributed by atoms with E-state index < -0.39 is 24.2 Å². The number of aliphatic carboxylic acids is 1. The second-order valence-electron chi connectivity index (χ2n) is 13.1. The van der Waals surface area contributed by atoms with Gasteiger partial charge in [0, 0.05) is 43.8 Å². The number of hydrogen-bond donors (Lipinski definition) is 4. The number of carbonyl (C=O) groups is 5. The molecule has 0 saturated heterocycles. The molecule has 290 valence electrons. The molecular formula is C42H45F3N4O6. The Balaban J connectivity index is 0.000000876.